The van der Waals surface area contributed by atoms with E-state index in [0.717, 1.165) is 11.3 Å². The second-order valence-corrected chi connectivity index (χ2v) is 5.53. The third-order valence-electron chi connectivity index (χ3n) is 3.93. The van der Waals surface area contributed by atoms with Crippen LogP contribution in [0, 0.1) is 0 Å². The molecular weight excluding hydrogens is 294 g/mol. The van der Waals surface area contributed by atoms with Crippen molar-refractivity contribution in [2.24, 2.45) is 0 Å². The van der Waals surface area contributed by atoms with Crippen LogP contribution in [0.5, 0.6) is 0 Å². The summed E-state index contributed by atoms with van der Waals surface area (Å²) in [4.78, 5) is 24.8. The number of hydrogen-bond donors (Lipinski definition) is 1. The minimum Gasteiger partial charge on any atom is -0.347 e. The number of carbonyl (C=O) groups excluding carboxylic acids is 2. The van der Waals surface area contributed by atoms with Crippen molar-refractivity contribution >= 4 is 11.8 Å². The third kappa shape index (κ3) is 3.39. The lowest BCUT2D eigenvalue weighted by molar-refractivity contribution is -0.137. The summed E-state index contributed by atoms with van der Waals surface area (Å²) in [5, 5.41) is 10.9. The van der Waals surface area contributed by atoms with Gasteiger partial charge < -0.3 is 10.2 Å². The maximum absolute atomic E-state index is 11.9. The highest BCUT2D eigenvalue weighted by Gasteiger charge is 2.32. The van der Waals surface area contributed by atoms with Crippen LogP contribution in [0.4, 0.5) is 0 Å². The van der Waals surface area contributed by atoms with Crippen molar-refractivity contribution in [3.05, 3.63) is 36.5 Å². The molecule has 0 saturated carbocycles. The number of nitrogens with one attached hydrogen (secondary N) is 1. The smallest absolute Gasteiger partial charge is 0.242 e. The van der Waals surface area contributed by atoms with Gasteiger partial charge in [-0.05, 0) is 0 Å². The molecule has 1 aromatic heterocycles. The average molecular weight is 313 g/mol. The van der Waals surface area contributed by atoms with Crippen LogP contribution in [0.2, 0.25) is 0 Å². The summed E-state index contributed by atoms with van der Waals surface area (Å²) in [6, 6.07) is 10.0. The Morgan fingerprint density at radius 1 is 1.26 bits per heavy atom. The summed E-state index contributed by atoms with van der Waals surface area (Å²) in [7, 11) is 0. The van der Waals surface area contributed by atoms with Crippen molar-refractivity contribution in [1.29, 1.82) is 0 Å². The van der Waals surface area contributed by atoms with Gasteiger partial charge in [-0.2, -0.15) is 0 Å². The SMILES string of the molecule is CCC(=O)NCC(=O)N1CC(n2cc(-c3ccccc3)nn2)C1. The highest BCUT2D eigenvalue weighted by atomic mass is 16.2. The maximum atomic E-state index is 11.9. The first-order chi connectivity index (χ1) is 11.2. The van der Waals surface area contributed by atoms with Crippen molar-refractivity contribution in [1.82, 2.24) is 25.2 Å². The number of aromatic nitrogens is 3. The largest absolute Gasteiger partial charge is 0.347 e. The fourth-order valence-electron chi connectivity index (χ4n) is 2.43. The van der Waals surface area contributed by atoms with Crippen LogP contribution >= 0.6 is 0 Å². The van der Waals surface area contributed by atoms with Crippen molar-refractivity contribution in [3.63, 3.8) is 0 Å². The van der Waals surface area contributed by atoms with Gasteiger partial charge in [-0.15, -0.1) is 5.10 Å². The molecule has 0 radical (unpaired) electrons. The fraction of sp³-hybridized carbons (Fsp3) is 0.375. The van der Waals surface area contributed by atoms with Crippen LogP contribution in [-0.4, -0.2) is 51.3 Å². The van der Waals surface area contributed by atoms with Crippen LogP contribution in [0.25, 0.3) is 11.3 Å². The number of likely N-dealkylation sites (tertiary alicyclic amines) is 1. The molecule has 23 heavy (non-hydrogen) atoms. The van der Waals surface area contributed by atoms with Crippen molar-refractivity contribution < 1.29 is 9.59 Å². The third-order valence-corrected chi connectivity index (χ3v) is 3.93. The Balaban J connectivity index is 1.53. The molecule has 1 saturated heterocycles. The second kappa shape index (κ2) is 6.60. The summed E-state index contributed by atoms with van der Waals surface area (Å²) >= 11 is 0. The number of amides is 2. The molecule has 0 spiro atoms. The number of nitrogens with zero attached hydrogens (tertiary/aromatic N) is 4. The van der Waals surface area contributed by atoms with Gasteiger partial charge >= 0.3 is 0 Å². The van der Waals surface area contributed by atoms with E-state index < -0.39 is 0 Å². The Morgan fingerprint density at radius 3 is 2.70 bits per heavy atom. The molecule has 2 heterocycles. The minimum absolute atomic E-state index is 0.0615. The van der Waals surface area contributed by atoms with E-state index in [-0.39, 0.29) is 24.4 Å². The summed E-state index contributed by atoms with van der Waals surface area (Å²) in [6.07, 6.45) is 2.29. The molecule has 0 aliphatic carbocycles. The van der Waals surface area contributed by atoms with Gasteiger partial charge in [0.05, 0.1) is 18.8 Å². The number of rotatable bonds is 5. The molecule has 7 heteroatoms. The molecule has 1 aliphatic heterocycles. The van der Waals surface area contributed by atoms with Gasteiger partial charge in [-0.1, -0.05) is 42.5 Å². The molecule has 1 fully saturated rings. The molecule has 1 N–H and O–H groups in total. The zero-order valence-corrected chi connectivity index (χ0v) is 13.0. The fourth-order valence-corrected chi connectivity index (χ4v) is 2.43. The van der Waals surface area contributed by atoms with E-state index in [0.29, 0.717) is 19.5 Å². The van der Waals surface area contributed by atoms with Crippen LogP contribution < -0.4 is 5.32 Å². The molecule has 3 rings (SSSR count). The van der Waals surface area contributed by atoms with Crippen LogP contribution in [-0.2, 0) is 9.59 Å². The van der Waals surface area contributed by atoms with Gasteiger partial charge in [0.1, 0.15) is 5.69 Å². The number of carbonyl (C=O) groups is 2. The van der Waals surface area contributed by atoms with Crippen molar-refractivity contribution in [2.45, 2.75) is 19.4 Å². The Hall–Kier alpha value is -2.70. The lowest BCUT2D eigenvalue weighted by atomic mass is 10.1. The van der Waals surface area contributed by atoms with Crippen LogP contribution in [0.1, 0.15) is 19.4 Å². The average Bonchev–Trinajstić information content (AvgIpc) is 3.01. The van der Waals surface area contributed by atoms with Gasteiger partial charge in [-0.3, -0.25) is 9.59 Å². The molecule has 2 aromatic rings. The molecule has 120 valence electrons. The van der Waals surface area contributed by atoms with Gasteiger partial charge in [-0.25, -0.2) is 4.68 Å². The summed E-state index contributed by atoms with van der Waals surface area (Å²) in [6.45, 7) is 3.01. The van der Waals surface area contributed by atoms with Crippen molar-refractivity contribution in [2.75, 3.05) is 19.6 Å². The predicted octanol–water partition coefficient (Wildman–Crippen LogP) is 0.855. The first-order valence-corrected chi connectivity index (χ1v) is 7.69. The van der Waals surface area contributed by atoms with E-state index in [4.69, 9.17) is 0 Å². The molecule has 0 bridgehead atoms. The monoisotopic (exact) mass is 313 g/mol. The van der Waals surface area contributed by atoms with Crippen LogP contribution in [0.3, 0.4) is 0 Å². The molecule has 0 atom stereocenters. The van der Waals surface area contributed by atoms with Gasteiger partial charge in [0.15, 0.2) is 0 Å². The second-order valence-electron chi connectivity index (χ2n) is 5.53. The first kappa shape index (κ1) is 15.2. The molecule has 0 unspecified atom stereocenters. The Bertz CT molecular complexity index is 692. The molecular formula is C16H19N5O2. The Labute approximate surface area is 134 Å². The van der Waals surface area contributed by atoms with Gasteiger partial charge in [0.25, 0.3) is 0 Å². The van der Waals surface area contributed by atoms with E-state index >= 15 is 0 Å². The molecule has 1 aromatic carbocycles. The van der Waals surface area contributed by atoms with Crippen LogP contribution in [0.15, 0.2) is 36.5 Å². The van der Waals surface area contributed by atoms with E-state index in [1.54, 1.807) is 16.5 Å². The Kier molecular flexibility index (Phi) is 4.36. The maximum Gasteiger partial charge on any atom is 0.242 e. The summed E-state index contributed by atoms with van der Waals surface area (Å²) in [5.41, 5.74) is 1.85. The zero-order chi connectivity index (χ0) is 16.2. The molecule has 2 amide bonds. The topological polar surface area (TPSA) is 80.1 Å². The normalized spacial score (nSPS) is 14.4. The van der Waals surface area contributed by atoms with Gasteiger partial charge in [0, 0.05) is 25.1 Å². The number of benzene rings is 1. The van der Waals surface area contributed by atoms with E-state index in [2.05, 4.69) is 15.6 Å². The first-order valence-electron chi connectivity index (χ1n) is 7.69. The lowest BCUT2D eigenvalue weighted by Gasteiger charge is -2.38. The standard InChI is InChI=1S/C16H19N5O2/c1-2-15(22)17-8-16(23)20-9-13(10-20)21-11-14(18-19-21)12-6-4-3-5-7-12/h3-7,11,13H,2,8-10H2,1H3,(H,17,22). The molecule has 1 aliphatic rings. The minimum atomic E-state index is -0.112. The quantitative estimate of drug-likeness (QED) is 0.887. The molecule has 7 nitrogen and oxygen atoms in total. The predicted molar refractivity (Wildman–Crippen MR) is 84.4 cm³/mol. The zero-order valence-electron chi connectivity index (χ0n) is 13.0. The number of hydrogen-bond acceptors (Lipinski definition) is 4. The van der Waals surface area contributed by atoms with E-state index in [1.165, 1.54) is 0 Å². The van der Waals surface area contributed by atoms with Gasteiger partial charge in [0.2, 0.25) is 11.8 Å². The Morgan fingerprint density at radius 2 is 2.00 bits per heavy atom. The summed E-state index contributed by atoms with van der Waals surface area (Å²) in [5.74, 6) is -0.175. The van der Waals surface area contributed by atoms with Crippen molar-refractivity contribution in [3.8, 4) is 11.3 Å². The highest BCUT2D eigenvalue weighted by molar-refractivity contribution is 5.85. The summed E-state index contributed by atoms with van der Waals surface area (Å²) < 4.78 is 1.80. The van der Waals surface area contributed by atoms with E-state index in [9.17, 15) is 9.59 Å². The lowest BCUT2D eigenvalue weighted by Crippen LogP contribution is -2.53. The highest BCUT2D eigenvalue weighted by Crippen LogP contribution is 2.22. The van der Waals surface area contributed by atoms with E-state index in [1.807, 2.05) is 36.5 Å².